The maximum absolute atomic E-state index is 2.42. The van der Waals surface area contributed by atoms with Crippen LogP contribution in [0.1, 0.15) is 123 Å². The second kappa shape index (κ2) is 8.76. The van der Waals surface area contributed by atoms with Crippen LogP contribution in [0.5, 0.6) is 0 Å². The SMILES string of the molecule is CC(C)(C)c1cccc(CCCc2c(C(C)(C)C)ccc(C(C)(C)C)c2C(C)(C)C)c1. The first kappa shape index (κ1) is 25.7. The Kier molecular flexibility index (Phi) is 7.26. The van der Waals surface area contributed by atoms with Gasteiger partial charge in [-0.25, -0.2) is 0 Å². The van der Waals surface area contributed by atoms with Crippen molar-refractivity contribution in [3.05, 3.63) is 69.8 Å². The Morgan fingerprint density at radius 3 is 1.58 bits per heavy atom. The number of aryl methyl sites for hydroxylation is 1. The topological polar surface area (TPSA) is 0 Å². The molecule has 0 atom stereocenters. The van der Waals surface area contributed by atoms with Crippen LogP contribution in [0.2, 0.25) is 0 Å². The van der Waals surface area contributed by atoms with Crippen LogP contribution in [-0.4, -0.2) is 0 Å². The first-order valence-corrected chi connectivity index (χ1v) is 12.2. The van der Waals surface area contributed by atoms with Gasteiger partial charge in [0.25, 0.3) is 0 Å². The molecule has 2 rings (SSSR count). The Morgan fingerprint density at radius 1 is 0.548 bits per heavy atom. The highest BCUT2D eigenvalue weighted by Gasteiger charge is 2.31. The molecular formula is C31H48. The molecule has 0 fully saturated rings. The molecule has 0 spiro atoms. The molecule has 0 unspecified atom stereocenters. The highest BCUT2D eigenvalue weighted by Crippen LogP contribution is 2.41. The van der Waals surface area contributed by atoms with E-state index >= 15 is 0 Å². The Hall–Kier alpha value is -1.56. The van der Waals surface area contributed by atoms with Gasteiger partial charge in [-0.3, -0.25) is 0 Å². The van der Waals surface area contributed by atoms with Gasteiger partial charge in [0.2, 0.25) is 0 Å². The monoisotopic (exact) mass is 420 g/mol. The van der Waals surface area contributed by atoms with Crippen molar-refractivity contribution in [1.29, 1.82) is 0 Å². The predicted molar refractivity (Wildman–Crippen MR) is 140 cm³/mol. The van der Waals surface area contributed by atoms with E-state index in [1.807, 2.05) is 0 Å². The minimum Gasteiger partial charge on any atom is -0.0617 e. The summed E-state index contributed by atoms with van der Waals surface area (Å²) in [6.07, 6.45) is 3.47. The van der Waals surface area contributed by atoms with Crippen molar-refractivity contribution in [2.75, 3.05) is 0 Å². The predicted octanol–water partition coefficient (Wildman–Crippen LogP) is 9.05. The summed E-state index contributed by atoms with van der Waals surface area (Å²) in [6.45, 7) is 28.2. The molecule has 0 saturated heterocycles. The van der Waals surface area contributed by atoms with E-state index in [1.165, 1.54) is 28.7 Å². The van der Waals surface area contributed by atoms with Gasteiger partial charge in [0.1, 0.15) is 0 Å². The summed E-state index contributed by atoms with van der Waals surface area (Å²) in [5.74, 6) is 0. The normalized spacial score (nSPS) is 13.5. The van der Waals surface area contributed by atoms with Crippen molar-refractivity contribution in [1.82, 2.24) is 0 Å². The van der Waals surface area contributed by atoms with Gasteiger partial charge >= 0.3 is 0 Å². The van der Waals surface area contributed by atoms with Crippen molar-refractivity contribution in [3.8, 4) is 0 Å². The average Bonchev–Trinajstić information content (AvgIpc) is 2.58. The molecule has 0 N–H and O–H groups in total. The Balaban J connectivity index is 2.47. The van der Waals surface area contributed by atoms with Gasteiger partial charge in [-0.2, -0.15) is 0 Å². The van der Waals surface area contributed by atoms with Crippen molar-refractivity contribution < 1.29 is 0 Å². The number of benzene rings is 2. The fourth-order valence-electron chi connectivity index (χ4n) is 4.75. The summed E-state index contributed by atoms with van der Waals surface area (Å²) in [5, 5.41) is 0. The highest BCUT2D eigenvalue weighted by atomic mass is 14.4. The molecule has 0 aliphatic carbocycles. The van der Waals surface area contributed by atoms with Gasteiger partial charge in [-0.1, -0.05) is 119 Å². The zero-order valence-electron chi connectivity index (χ0n) is 22.6. The average molecular weight is 421 g/mol. The van der Waals surface area contributed by atoms with E-state index in [0.717, 1.165) is 12.8 Å². The van der Waals surface area contributed by atoms with Gasteiger partial charge < -0.3 is 0 Å². The molecule has 0 heterocycles. The van der Waals surface area contributed by atoms with E-state index in [0.29, 0.717) is 0 Å². The fourth-order valence-corrected chi connectivity index (χ4v) is 4.75. The second-order valence-corrected chi connectivity index (χ2v) is 13.6. The van der Waals surface area contributed by atoms with Crippen LogP contribution >= 0.6 is 0 Å². The van der Waals surface area contributed by atoms with Crippen molar-refractivity contribution >= 4 is 0 Å². The van der Waals surface area contributed by atoms with E-state index in [1.54, 1.807) is 11.1 Å². The first-order valence-electron chi connectivity index (χ1n) is 12.2. The standard InChI is InChI=1S/C31H48/c1-28(2,3)23-17-13-15-22(21-23)16-14-18-24-25(29(4,5)6)19-20-26(30(7,8)9)27(24)31(10,11)12/h13,15,17,19-21H,14,16,18H2,1-12H3. The van der Waals surface area contributed by atoms with Gasteiger partial charge in [-0.05, 0) is 74.3 Å². The van der Waals surface area contributed by atoms with E-state index in [4.69, 9.17) is 0 Å². The summed E-state index contributed by atoms with van der Waals surface area (Å²) < 4.78 is 0. The van der Waals surface area contributed by atoms with Crippen LogP contribution in [0.15, 0.2) is 36.4 Å². The molecule has 0 aromatic heterocycles. The molecule has 0 aliphatic rings. The zero-order chi connectivity index (χ0) is 23.8. The van der Waals surface area contributed by atoms with E-state index < -0.39 is 0 Å². The Labute approximate surface area is 193 Å². The van der Waals surface area contributed by atoms with Gasteiger partial charge in [-0.15, -0.1) is 0 Å². The first-order chi connectivity index (χ1) is 13.9. The number of hydrogen-bond acceptors (Lipinski definition) is 0. The molecule has 0 amide bonds. The van der Waals surface area contributed by atoms with Gasteiger partial charge in [0.05, 0.1) is 0 Å². The minimum atomic E-state index is 0.130. The van der Waals surface area contributed by atoms with Crippen molar-refractivity contribution in [3.63, 3.8) is 0 Å². The van der Waals surface area contributed by atoms with Crippen LogP contribution in [0.25, 0.3) is 0 Å². The molecule has 0 heteroatoms. The third-order valence-electron chi connectivity index (χ3n) is 6.36. The van der Waals surface area contributed by atoms with Gasteiger partial charge in [0.15, 0.2) is 0 Å². The van der Waals surface area contributed by atoms with E-state index in [2.05, 4.69) is 119 Å². The van der Waals surface area contributed by atoms with Crippen molar-refractivity contribution in [2.24, 2.45) is 0 Å². The highest BCUT2D eigenvalue weighted by molar-refractivity contribution is 5.50. The van der Waals surface area contributed by atoms with Gasteiger partial charge in [0, 0.05) is 0 Å². The molecular weight excluding hydrogens is 372 g/mol. The Bertz CT molecular complexity index is 884. The second-order valence-electron chi connectivity index (χ2n) is 13.6. The number of rotatable bonds is 4. The summed E-state index contributed by atoms with van der Waals surface area (Å²) in [5.41, 5.74) is 9.75. The lowest BCUT2D eigenvalue weighted by molar-refractivity contribution is 0.512. The summed E-state index contributed by atoms with van der Waals surface area (Å²) in [7, 11) is 0. The van der Waals surface area contributed by atoms with Crippen LogP contribution < -0.4 is 0 Å². The van der Waals surface area contributed by atoms with Crippen LogP contribution in [0.4, 0.5) is 0 Å². The molecule has 2 aromatic carbocycles. The molecule has 0 radical (unpaired) electrons. The zero-order valence-corrected chi connectivity index (χ0v) is 22.6. The lowest BCUT2D eigenvalue weighted by atomic mass is 9.69. The lowest BCUT2D eigenvalue weighted by Gasteiger charge is -2.36. The summed E-state index contributed by atoms with van der Waals surface area (Å²) in [6, 6.07) is 14.1. The molecule has 2 aromatic rings. The third kappa shape index (κ3) is 6.47. The molecule has 31 heavy (non-hydrogen) atoms. The summed E-state index contributed by atoms with van der Waals surface area (Å²) in [4.78, 5) is 0. The van der Waals surface area contributed by atoms with Crippen LogP contribution in [0, 0.1) is 0 Å². The van der Waals surface area contributed by atoms with Crippen molar-refractivity contribution in [2.45, 2.75) is 124 Å². The molecule has 0 nitrogen and oxygen atoms in total. The molecule has 0 aliphatic heterocycles. The number of hydrogen-bond donors (Lipinski definition) is 0. The summed E-state index contributed by atoms with van der Waals surface area (Å²) >= 11 is 0. The quantitative estimate of drug-likeness (QED) is 0.462. The Morgan fingerprint density at radius 2 is 1.10 bits per heavy atom. The van der Waals surface area contributed by atoms with E-state index in [9.17, 15) is 0 Å². The fraction of sp³-hybridized carbons (Fsp3) is 0.613. The van der Waals surface area contributed by atoms with E-state index in [-0.39, 0.29) is 21.7 Å². The lowest BCUT2D eigenvalue weighted by Crippen LogP contribution is -2.27. The molecule has 0 bridgehead atoms. The van der Waals surface area contributed by atoms with Crippen LogP contribution in [0.3, 0.4) is 0 Å². The third-order valence-corrected chi connectivity index (χ3v) is 6.36. The van der Waals surface area contributed by atoms with Crippen LogP contribution in [-0.2, 0) is 34.5 Å². The molecule has 172 valence electrons. The largest absolute Gasteiger partial charge is 0.0617 e. The minimum absolute atomic E-state index is 0.130. The smallest absolute Gasteiger partial charge is 0.0126 e. The maximum Gasteiger partial charge on any atom is -0.0126 e. The molecule has 0 saturated carbocycles. The maximum atomic E-state index is 2.42.